The third-order valence-corrected chi connectivity index (χ3v) is 1.93. The summed E-state index contributed by atoms with van der Waals surface area (Å²) >= 11 is 1.43. The molecule has 0 amide bonds. The van der Waals surface area contributed by atoms with E-state index in [-0.39, 0.29) is 5.57 Å². The Kier molecular flexibility index (Phi) is 2.38. The number of hydrogen-bond donors (Lipinski definition) is 1. The van der Waals surface area contributed by atoms with Crippen molar-refractivity contribution >= 4 is 17.3 Å². The van der Waals surface area contributed by atoms with E-state index in [0.29, 0.717) is 6.42 Å². The van der Waals surface area contributed by atoms with Crippen LogP contribution in [0.5, 0.6) is 0 Å². The highest BCUT2D eigenvalue weighted by Gasteiger charge is 2.05. The first kappa shape index (κ1) is 7.94. The number of aromatic nitrogens is 1. The van der Waals surface area contributed by atoms with Crippen LogP contribution in [0.15, 0.2) is 23.7 Å². The number of hydrogen-bond acceptors (Lipinski definition) is 3. The number of rotatable bonds is 3. The molecular formula is C7H7NO2S. The molecule has 0 spiro atoms. The summed E-state index contributed by atoms with van der Waals surface area (Å²) in [5, 5.41) is 11.1. The molecule has 0 bridgehead atoms. The Morgan fingerprint density at radius 1 is 1.82 bits per heavy atom. The molecular weight excluding hydrogens is 162 g/mol. The van der Waals surface area contributed by atoms with Gasteiger partial charge in [0.25, 0.3) is 0 Å². The molecule has 0 aromatic carbocycles. The van der Waals surface area contributed by atoms with Crippen LogP contribution in [0.4, 0.5) is 0 Å². The van der Waals surface area contributed by atoms with Crippen LogP contribution in [0.25, 0.3) is 0 Å². The summed E-state index contributed by atoms with van der Waals surface area (Å²) in [6.07, 6.45) is 1.99. The van der Waals surface area contributed by atoms with Crippen molar-refractivity contribution in [1.82, 2.24) is 4.98 Å². The summed E-state index contributed by atoms with van der Waals surface area (Å²) in [5.74, 6) is -0.958. The average molecular weight is 169 g/mol. The van der Waals surface area contributed by atoms with E-state index in [1.807, 2.05) is 5.38 Å². The fourth-order valence-electron chi connectivity index (χ4n) is 0.598. The monoisotopic (exact) mass is 169 g/mol. The lowest BCUT2D eigenvalue weighted by molar-refractivity contribution is -0.132. The van der Waals surface area contributed by atoms with Gasteiger partial charge in [-0.3, -0.25) is 0 Å². The van der Waals surface area contributed by atoms with Gasteiger partial charge in [-0.2, -0.15) is 0 Å². The largest absolute Gasteiger partial charge is 0.478 e. The van der Waals surface area contributed by atoms with Crippen molar-refractivity contribution < 1.29 is 9.90 Å². The molecule has 3 nitrogen and oxygen atoms in total. The van der Waals surface area contributed by atoms with E-state index >= 15 is 0 Å². The quantitative estimate of drug-likeness (QED) is 0.694. The Hall–Kier alpha value is -1.16. The molecule has 11 heavy (non-hydrogen) atoms. The molecule has 0 aliphatic carbocycles. The van der Waals surface area contributed by atoms with Gasteiger partial charge in [0.1, 0.15) is 0 Å². The molecule has 0 aliphatic heterocycles. The van der Waals surface area contributed by atoms with E-state index < -0.39 is 5.97 Å². The maximum Gasteiger partial charge on any atom is 0.331 e. The number of carboxylic acid groups (broad SMARTS) is 1. The van der Waals surface area contributed by atoms with Crippen LogP contribution >= 0.6 is 11.3 Å². The van der Waals surface area contributed by atoms with Crippen molar-refractivity contribution in [3.8, 4) is 0 Å². The first-order valence-electron chi connectivity index (χ1n) is 2.99. The summed E-state index contributed by atoms with van der Waals surface area (Å²) in [6.45, 7) is 3.40. The molecule has 0 radical (unpaired) electrons. The second-order valence-electron chi connectivity index (χ2n) is 2.01. The van der Waals surface area contributed by atoms with E-state index in [9.17, 15) is 4.79 Å². The van der Waals surface area contributed by atoms with Crippen LogP contribution in [-0.4, -0.2) is 16.1 Å². The van der Waals surface area contributed by atoms with E-state index in [4.69, 9.17) is 5.11 Å². The van der Waals surface area contributed by atoms with Crippen molar-refractivity contribution in [2.75, 3.05) is 0 Å². The zero-order valence-corrected chi connectivity index (χ0v) is 6.60. The SMILES string of the molecule is C=C(Cc1nccs1)C(=O)O. The standard InChI is InChI=1S/C7H7NO2S/c1-5(7(9)10)4-6-8-2-3-11-6/h2-3H,1,4H2,(H,9,10). The summed E-state index contributed by atoms with van der Waals surface area (Å²) in [7, 11) is 0. The van der Waals surface area contributed by atoms with Gasteiger partial charge in [-0.05, 0) is 0 Å². The zero-order valence-electron chi connectivity index (χ0n) is 5.78. The molecule has 1 heterocycles. The molecule has 1 aromatic heterocycles. The van der Waals surface area contributed by atoms with E-state index in [1.165, 1.54) is 11.3 Å². The van der Waals surface area contributed by atoms with E-state index in [0.717, 1.165) is 5.01 Å². The molecule has 1 N–H and O–H groups in total. The summed E-state index contributed by atoms with van der Waals surface area (Å²) in [6, 6.07) is 0. The Morgan fingerprint density at radius 3 is 3.00 bits per heavy atom. The minimum Gasteiger partial charge on any atom is -0.478 e. The predicted molar refractivity (Wildman–Crippen MR) is 42.6 cm³/mol. The molecule has 0 saturated carbocycles. The Balaban J connectivity index is 2.57. The van der Waals surface area contributed by atoms with Crippen LogP contribution in [0.2, 0.25) is 0 Å². The number of nitrogens with zero attached hydrogens (tertiary/aromatic N) is 1. The first-order chi connectivity index (χ1) is 5.20. The maximum atomic E-state index is 10.3. The predicted octanol–water partition coefficient (Wildman–Crippen LogP) is 1.33. The van der Waals surface area contributed by atoms with Gasteiger partial charge in [-0.15, -0.1) is 11.3 Å². The molecule has 1 rings (SSSR count). The normalized spacial score (nSPS) is 9.45. The second kappa shape index (κ2) is 3.30. The summed E-state index contributed by atoms with van der Waals surface area (Å²) in [4.78, 5) is 14.2. The van der Waals surface area contributed by atoms with Crippen LogP contribution < -0.4 is 0 Å². The Bertz CT molecular complexity index is 266. The lowest BCUT2D eigenvalue weighted by Crippen LogP contribution is -2.01. The third kappa shape index (κ3) is 2.16. The van der Waals surface area contributed by atoms with Gasteiger partial charge in [0, 0.05) is 23.6 Å². The Morgan fingerprint density at radius 2 is 2.55 bits per heavy atom. The van der Waals surface area contributed by atoms with Gasteiger partial charge in [0.05, 0.1) is 5.01 Å². The number of carbonyl (C=O) groups is 1. The van der Waals surface area contributed by atoms with E-state index in [2.05, 4.69) is 11.6 Å². The van der Waals surface area contributed by atoms with Crippen molar-refractivity contribution in [2.24, 2.45) is 0 Å². The molecule has 0 aliphatic rings. The van der Waals surface area contributed by atoms with Crippen LogP contribution in [0, 0.1) is 0 Å². The fourth-order valence-corrected chi connectivity index (χ4v) is 1.26. The molecule has 0 unspecified atom stereocenters. The molecule has 58 valence electrons. The number of aliphatic carboxylic acids is 1. The topological polar surface area (TPSA) is 50.2 Å². The summed E-state index contributed by atoms with van der Waals surface area (Å²) < 4.78 is 0. The fraction of sp³-hybridized carbons (Fsp3) is 0.143. The minimum absolute atomic E-state index is 0.181. The maximum absolute atomic E-state index is 10.3. The lowest BCUT2D eigenvalue weighted by atomic mass is 10.2. The lowest BCUT2D eigenvalue weighted by Gasteiger charge is -1.93. The third-order valence-electron chi connectivity index (χ3n) is 1.15. The smallest absolute Gasteiger partial charge is 0.331 e. The van der Waals surface area contributed by atoms with Crippen LogP contribution in [0.3, 0.4) is 0 Å². The average Bonchev–Trinajstić information content (AvgIpc) is 2.39. The molecule has 4 heteroatoms. The van der Waals surface area contributed by atoms with Crippen molar-refractivity contribution in [1.29, 1.82) is 0 Å². The molecule has 0 saturated heterocycles. The van der Waals surface area contributed by atoms with Crippen molar-refractivity contribution in [2.45, 2.75) is 6.42 Å². The van der Waals surface area contributed by atoms with Crippen molar-refractivity contribution in [3.63, 3.8) is 0 Å². The molecule has 1 aromatic rings. The number of thiazole rings is 1. The van der Waals surface area contributed by atoms with Gasteiger partial charge in [0.15, 0.2) is 0 Å². The minimum atomic E-state index is -0.958. The highest BCUT2D eigenvalue weighted by molar-refractivity contribution is 7.09. The summed E-state index contributed by atoms with van der Waals surface area (Å²) in [5.41, 5.74) is 0.181. The van der Waals surface area contributed by atoms with Crippen LogP contribution in [0.1, 0.15) is 5.01 Å². The highest BCUT2D eigenvalue weighted by atomic mass is 32.1. The number of carboxylic acids is 1. The van der Waals surface area contributed by atoms with E-state index in [1.54, 1.807) is 6.20 Å². The first-order valence-corrected chi connectivity index (χ1v) is 3.87. The van der Waals surface area contributed by atoms with Gasteiger partial charge in [-0.25, -0.2) is 9.78 Å². The Labute approximate surface area is 68.0 Å². The van der Waals surface area contributed by atoms with Gasteiger partial charge >= 0.3 is 5.97 Å². The second-order valence-corrected chi connectivity index (χ2v) is 2.99. The van der Waals surface area contributed by atoms with Gasteiger partial charge < -0.3 is 5.11 Å². The molecule has 0 fully saturated rings. The molecule has 0 atom stereocenters. The van der Waals surface area contributed by atoms with Crippen molar-refractivity contribution in [3.05, 3.63) is 28.7 Å². The van der Waals surface area contributed by atoms with Gasteiger partial charge in [-0.1, -0.05) is 6.58 Å². The zero-order chi connectivity index (χ0) is 8.27. The van der Waals surface area contributed by atoms with Crippen LogP contribution in [-0.2, 0) is 11.2 Å². The highest BCUT2D eigenvalue weighted by Crippen LogP contribution is 2.09. The van der Waals surface area contributed by atoms with Gasteiger partial charge in [0.2, 0.25) is 0 Å².